The van der Waals surface area contributed by atoms with Gasteiger partial charge in [-0.05, 0) is 24.6 Å². The summed E-state index contributed by atoms with van der Waals surface area (Å²) in [6, 6.07) is 6.65. The lowest BCUT2D eigenvalue weighted by Gasteiger charge is -2.04. The number of hydrogen-bond donors (Lipinski definition) is 2. The molecule has 1 atom stereocenters. The molecule has 94 valence electrons. The van der Waals surface area contributed by atoms with E-state index in [-0.39, 0.29) is 11.6 Å². The predicted molar refractivity (Wildman–Crippen MR) is 67.4 cm³/mol. The molecule has 0 fully saturated rings. The average molecular weight is 264 g/mol. The number of nitrogens with two attached hydrogens (primary N) is 1. The number of nitrogens with zero attached hydrogens (tertiary/aromatic N) is 2. The van der Waals surface area contributed by atoms with E-state index in [0.29, 0.717) is 16.7 Å². The molecule has 0 spiro atoms. The number of nitriles is 1. The molecule has 0 saturated heterocycles. The Balaban J connectivity index is 2.59. The largest absolute Gasteiger partial charge is 0.399 e. The van der Waals surface area contributed by atoms with Crippen molar-refractivity contribution < 1.29 is 8.42 Å². The van der Waals surface area contributed by atoms with Gasteiger partial charge in [0.05, 0.1) is 17.1 Å². The van der Waals surface area contributed by atoms with Crippen LogP contribution in [0.1, 0.15) is 13.3 Å². The van der Waals surface area contributed by atoms with Crippen LogP contribution in [0.3, 0.4) is 0 Å². The first-order valence-corrected chi connectivity index (χ1v) is 6.92. The molecular formula is C11H12N4O2S. The van der Waals surface area contributed by atoms with Gasteiger partial charge in [0.2, 0.25) is 15.0 Å². The Bertz CT molecular complexity index is 727. The Kier molecular flexibility index (Phi) is 2.97. The zero-order chi connectivity index (χ0) is 13.3. The maximum atomic E-state index is 12.1. The molecule has 0 aliphatic heterocycles. The van der Waals surface area contributed by atoms with Crippen molar-refractivity contribution in [3.05, 3.63) is 18.2 Å². The van der Waals surface area contributed by atoms with Crippen molar-refractivity contribution >= 4 is 26.6 Å². The number of nitrogen functional groups attached to an aromatic ring is 1. The summed E-state index contributed by atoms with van der Waals surface area (Å²) in [5.41, 5.74) is 7.17. The molecule has 2 rings (SSSR count). The second-order valence-electron chi connectivity index (χ2n) is 3.89. The van der Waals surface area contributed by atoms with E-state index in [1.165, 1.54) is 0 Å². The number of sulfone groups is 1. The third-order valence-corrected chi connectivity index (χ3v) is 4.56. The van der Waals surface area contributed by atoms with Crippen LogP contribution in [0.15, 0.2) is 23.4 Å². The standard InChI is InChI=1S/C11H12N4O2S/c1-2-8(6-12)18(16,17)11-14-9-4-3-7(13)5-10(9)15-11/h3-5,8H,2,13H2,1H3,(H,14,15). The van der Waals surface area contributed by atoms with Crippen LogP contribution in [0.5, 0.6) is 0 Å². The molecule has 0 aliphatic rings. The van der Waals surface area contributed by atoms with Gasteiger partial charge in [-0.25, -0.2) is 13.4 Å². The quantitative estimate of drug-likeness (QED) is 0.809. The van der Waals surface area contributed by atoms with Crippen molar-refractivity contribution in [1.29, 1.82) is 5.26 Å². The number of benzene rings is 1. The Hall–Kier alpha value is -2.07. The second kappa shape index (κ2) is 4.31. The van der Waals surface area contributed by atoms with E-state index in [9.17, 15) is 8.42 Å². The fourth-order valence-corrected chi connectivity index (χ4v) is 2.98. The fourth-order valence-electron chi connectivity index (χ4n) is 1.65. The van der Waals surface area contributed by atoms with Gasteiger partial charge in [0.1, 0.15) is 0 Å². The minimum atomic E-state index is -3.74. The molecule has 1 unspecified atom stereocenters. The van der Waals surface area contributed by atoms with E-state index < -0.39 is 15.1 Å². The van der Waals surface area contributed by atoms with Gasteiger partial charge in [-0.3, -0.25) is 0 Å². The van der Waals surface area contributed by atoms with E-state index in [0.717, 1.165) is 0 Å². The zero-order valence-electron chi connectivity index (χ0n) is 9.71. The summed E-state index contributed by atoms with van der Waals surface area (Å²) in [5.74, 6) is 0. The summed E-state index contributed by atoms with van der Waals surface area (Å²) in [7, 11) is -3.74. The predicted octanol–water partition coefficient (Wildman–Crippen LogP) is 1.22. The van der Waals surface area contributed by atoms with Crippen LogP contribution in [0.25, 0.3) is 11.0 Å². The lowest BCUT2D eigenvalue weighted by Crippen LogP contribution is -2.19. The smallest absolute Gasteiger partial charge is 0.227 e. The normalized spacial score (nSPS) is 13.3. The SMILES string of the molecule is CCC(C#N)S(=O)(=O)c1nc2ccc(N)cc2[nH]1. The molecule has 0 radical (unpaired) electrons. The van der Waals surface area contributed by atoms with E-state index >= 15 is 0 Å². The Morgan fingerprint density at radius 1 is 1.56 bits per heavy atom. The van der Waals surface area contributed by atoms with Crippen LogP contribution in [0.2, 0.25) is 0 Å². The van der Waals surface area contributed by atoms with Crippen molar-refractivity contribution in [2.24, 2.45) is 0 Å². The summed E-state index contributed by atoms with van der Waals surface area (Å²) in [6.07, 6.45) is 0.220. The molecule has 1 heterocycles. The van der Waals surface area contributed by atoms with Crippen molar-refractivity contribution in [1.82, 2.24) is 9.97 Å². The van der Waals surface area contributed by atoms with Crippen molar-refractivity contribution in [3.63, 3.8) is 0 Å². The van der Waals surface area contributed by atoms with Gasteiger partial charge in [-0.15, -0.1) is 0 Å². The monoisotopic (exact) mass is 264 g/mol. The summed E-state index contributed by atoms with van der Waals surface area (Å²) >= 11 is 0. The zero-order valence-corrected chi connectivity index (χ0v) is 10.5. The minimum absolute atomic E-state index is 0.184. The summed E-state index contributed by atoms with van der Waals surface area (Å²) in [5, 5.41) is 7.58. The van der Waals surface area contributed by atoms with Crippen LogP contribution in [0.4, 0.5) is 5.69 Å². The maximum Gasteiger partial charge on any atom is 0.227 e. The van der Waals surface area contributed by atoms with Crippen LogP contribution < -0.4 is 5.73 Å². The third-order valence-electron chi connectivity index (χ3n) is 2.64. The molecule has 0 bridgehead atoms. The van der Waals surface area contributed by atoms with E-state index in [4.69, 9.17) is 11.0 Å². The highest BCUT2D eigenvalue weighted by Gasteiger charge is 2.29. The first-order chi connectivity index (χ1) is 8.48. The summed E-state index contributed by atoms with van der Waals surface area (Å²) < 4.78 is 24.2. The number of anilines is 1. The molecule has 0 saturated carbocycles. The highest BCUT2D eigenvalue weighted by atomic mass is 32.2. The maximum absolute atomic E-state index is 12.1. The van der Waals surface area contributed by atoms with E-state index in [1.807, 2.05) is 0 Å². The number of rotatable bonds is 3. The fraction of sp³-hybridized carbons (Fsp3) is 0.273. The van der Waals surface area contributed by atoms with Gasteiger partial charge in [-0.1, -0.05) is 6.92 Å². The molecule has 7 heteroatoms. The topological polar surface area (TPSA) is 113 Å². The first kappa shape index (κ1) is 12.4. The van der Waals surface area contributed by atoms with E-state index in [1.54, 1.807) is 31.2 Å². The van der Waals surface area contributed by atoms with Crippen LogP contribution in [0, 0.1) is 11.3 Å². The molecule has 0 aliphatic carbocycles. The first-order valence-electron chi connectivity index (χ1n) is 5.37. The van der Waals surface area contributed by atoms with Gasteiger partial charge in [0.15, 0.2) is 5.25 Å². The molecular weight excluding hydrogens is 252 g/mol. The Morgan fingerprint density at radius 2 is 2.28 bits per heavy atom. The van der Waals surface area contributed by atoms with Gasteiger partial charge in [0.25, 0.3) is 0 Å². The van der Waals surface area contributed by atoms with Crippen LogP contribution in [-0.2, 0) is 9.84 Å². The number of hydrogen-bond acceptors (Lipinski definition) is 5. The molecule has 1 aromatic carbocycles. The summed E-state index contributed by atoms with van der Waals surface area (Å²) in [6.45, 7) is 1.64. The molecule has 2 aromatic rings. The number of imidazole rings is 1. The van der Waals surface area contributed by atoms with Crippen molar-refractivity contribution in [3.8, 4) is 6.07 Å². The van der Waals surface area contributed by atoms with Gasteiger partial charge < -0.3 is 10.7 Å². The highest BCUT2D eigenvalue weighted by molar-refractivity contribution is 7.92. The lowest BCUT2D eigenvalue weighted by molar-refractivity contribution is 0.580. The number of aromatic amines is 1. The molecule has 6 nitrogen and oxygen atoms in total. The molecule has 1 aromatic heterocycles. The van der Waals surface area contributed by atoms with E-state index in [2.05, 4.69) is 9.97 Å². The number of fused-ring (bicyclic) bond motifs is 1. The highest BCUT2D eigenvalue weighted by Crippen LogP contribution is 2.20. The van der Waals surface area contributed by atoms with Crippen LogP contribution >= 0.6 is 0 Å². The molecule has 3 N–H and O–H groups in total. The Morgan fingerprint density at radius 3 is 2.89 bits per heavy atom. The average Bonchev–Trinajstić information content (AvgIpc) is 2.73. The third kappa shape index (κ3) is 1.91. The minimum Gasteiger partial charge on any atom is -0.399 e. The Labute approximate surface area is 104 Å². The van der Waals surface area contributed by atoms with Gasteiger partial charge >= 0.3 is 0 Å². The van der Waals surface area contributed by atoms with Crippen LogP contribution in [-0.4, -0.2) is 23.6 Å². The number of aromatic nitrogens is 2. The number of H-pyrrole nitrogens is 1. The van der Waals surface area contributed by atoms with Crippen molar-refractivity contribution in [2.45, 2.75) is 23.8 Å². The molecule has 0 amide bonds. The lowest BCUT2D eigenvalue weighted by atomic mass is 10.3. The van der Waals surface area contributed by atoms with Gasteiger partial charge in [-0.2, -0.15) is 5.26 Å². The summed E-state index contributed by atoms with van der Waals surface area (Å²) in [4.78, 5) is 6.69. The number of nitrogens with one attached hydrogen (secondary N) is 1. The van der Waals surface area contributed by atoms with Crippen molar-refractivity contribution in [2.75, 3.05) is 5.73 Å². The van der Waals surface area contributed by atoms with Gasteiger partial charge in [0, 0.05) is 5.69 Å². The second-order valence-corrected chi connectivity index (χ2v) is 5.94. The molecule has 18 heavy (non-hydrogen) atoms.